The second-order valence-electron chi connectivity index (χ2n) is 5.35. The second kappa shape index (κ2) is 5.44. The van der Waals surface area contributed by atoms with E-state index in [9.17, 15) is 18.4 Å². The van der Waals surface area contributed by atoms with Crippen LogP contribution in [0.4, 0.5) is 13.2 Å². The van der Waals surface area contributed by atoms with Crippen LogP contribution in [0.25, 0.3) is 21.9 Å². The standard InChI is InChI=1S/C19H12F3N/c1-12-10-17(13-6-8-14(9-7-13)19(20,21)22)15-4-2-3-5-16(15)18(12)11-23/h2-10H,1H3. The van der Waals surface area contributed by atoms with Gasteiger partial charge in [-0.05, 0) is 47.2 Å². The van der Waals surface area contributed by atoms with E-state index < -0.39 is 11.7 Å². The molecule has 23 heavy (non-hydrogen) atoms. The zero-order valence-corrected chi connectivity index (χ0v) is 12.3. The Bertz CT molecular complexity index is 916. The monoisotopic (exact) mass is 311 g/mol. The molecule has 0 amide bonds. The third-order valence-corrected chi connectivity index (χ3v) is 3.88. The fourth-order valence-electron chi connectivity index (χ4n) is 2.74. The van der Waals surface area contributed by atoms with Crippen LogP contribution in [-0.4, -0.2) is 0 Å². The number of fused-ring (bicyclic) bond motifs is 1. The summed E-state index contributed by atoms with van der Waals surface area (Å²) < 4.78 is 38.1. The molecule has 114 valence electrons. The van der Waals surface area contributed by atoms with Crippen LogP contribution in [0, 0.1) is 18.3 Å². The van der Waals surface area contributed by atoms with Crippen molar-refractivity contribution in [3.63, 3.8) is 0 Å². The highest BCUT2D eigenvalue weighted by molar-refractivity contribution is 6.00. The minimum Gasteiger partial charge on any atom is -0.192 e. The van der Waals surface area contributed by atoms with Gasteiger partial charge in [-0.25, -0.2) is 0 Å². The molecule has 0 spiro atoms. The molecule has 0 aliphatic carbocycles. The summed E-state index contributed by atoms with van der Waals surface area (Å²) in [7, 11) is 0. The molecule has 0 aliphatic rings. The molecule has 0 saturated carbocycles. The van der Waals surface area contributed by atoms with Gasteiger partial charge in [-0.2, -0.15) is 18.4 Å². The van der Waals surface area contributed by atoms with Crippen LogP contribution in [0.5, 0.6) is 0 Å². The van der Waals surface area contributed by atoms with E-state index in [4.69, 9.17) is 0 Å². The Morgan fingerprint density at radius 1 is 0.913 bits per heavy atom. The molecule has 0 unspecified atom stereocenters. The Labute approximate surface area is 131 Å². The van der Waals surface area contributed by atoms with Crippen LogP contribution in [0.1, 0.15) is 16.7 Å². The van der Waals surface area contributed by atoms with E-state index in [0.717, 1.165) is 34.0 Å². The van der Waals surface area contributed by atoms with Crippen LogP contribution >= 0.6 is 0 Å². The maximum Gasteiger partial charge on any atom is 0.416 e. The molecule has 0 bridgehead atoms. The smallest absolute Gasteiger partial charge is 0.192 e. The van der Waals surface area contributed by atoms with Crippen molar-refractivity contribution >= 4 is 10.8 Å². The third-order valence-electron chi connectivity index (χ3n) is 3.88. The largest absolute Gasteiger partial charge is 0.416 e. The highest BCUT2D eigenvalue weighted by Crippen LogP contribution is 2.35. The number of halogens is 3. The Morgan fingerprint density at radius 2 is 1.52 bits per heavy atom. The first kappa shape index (κ1) is 15.1. The molecule has 3 aromatic rings. The predicted molar refractivity (Wildman–Crippen MR) is 83.8 cm³/mol. The summed E-state index contributed by atoms with van der Waals surface area (Å²) in [5.74, 6) is 0. The second-order valence-corrected chi connectivity index (χ2v) is 5.35. The van der Waals surface area contributed by atoms with E-state index in [-0.39, 0.29) is 0 Å². The minimum absolute atomic E-state index is 0.594. The molecule has 3 rings (SSSR count). The number of alkyl halides is 3. The van der Waals surface area contributed by atoms with Crippen molar-refractivity contribution in [2.75, 3.05) is 0 Å². The van der Waals surface area contributed by atoms with Gasteiger partial charge in [0.1, 0.15) is 6.07 Å². The molecule has 3 aromatic carbocycles. The van der Waals surface area contributed by atoms with E-state index in [0.29, 0.717) is 11.1 Å². The zero-order valence-electron chi connectivity index (χ0n) is 12.3. The number of rotatable bonds is 1. The fraction of sp³-hybridized carbons (Fsp3) is 0.105. The quantitative estimate of drug-likeness (QED) is 0.565. The number of nitrogens with zero attached hydrogens (tertiary/aromatic N) is 1. The lowest BCUT2D eigenvalue weighted by Gasteiger charge is -2.12. The van der Waals surface area contributed by atoms with Gasteiger partial charge in [0.05, 0.1) is 11.1 Å². The van der Waals surface area contributed by atoms with Crippen molar-refractivity contribution in [1.82, 2.24) is 0 Å². The molecule has 1 nitrogen and oxygen atoms in total. The Kier molecular flexibility index (Phi) is 3.57. The molecule has 0 atom stereocenters. The fourth-order valence-corrected chi connectivity index (χ4v) is 2.74. The molecular formula is C19H12F3N. The highest BCUT2D eigenvalue weighted by atomic mass is 19.4. The lowest BCUT2D eigenvalue weighted by atomic mass is 9.92. The number of hydrogen-bond donors (Lipinski definition) is 0. The summed E-state index contributed by atoms with van der Waals surface area (Å²) >= 11 is 0. The maximum atomic E-state index is 12.7. The van der Waals surface area contributed by atoms with Gasteiger partial charge in [0.2, 0.25) is 0 Å². The van der Waals surface area contributed by atoms with Crippen LogP contribution in [0.2, 0.25) is 0 Å². The summed E-state index contributed by atoms with van der Waals surface area (Å²) in [4.78, 5) is 0. The van der Waals surface area contributed by atoms with Crippen LogP contribution in [0.15, 0.2) is 54.6 Å². The molecule has 0 saturated heterocycles. The number of benzene rings is 3. The van der Waals surface area contributed by atoms with Gasteiger partial charge < -0.3 is 0 Å². The van der Waals surface area contributed by atoms with Crippen molar-refractivity contribution < 1.29 is 13.2 Å². The van der Waals surface area contributed by atoms with Crippen LogP contribution in [0.3, 0.4) is 0 Å². The summed E-state index contributed by atoms with van der Waals surface area (Å²) in [6.45, 7) is 1.83. The first-order valence-corrected chi connectivity index (χ1v) is 7.02. The predicted octanol–water partition coefficient (Wildman–Crippen LogP) is 5.71. The molecular weight excluding hydrogens is 299 g/mol. The topological polar surface area (TPSA) is 23.8 Å². The van der Waals surface area contributed by atoms with Crippen LogP contribution < -0.4 is 0 Å². The number of hydrogen-bond acceptors (Lipinski definition) is 1. The minimum atomic E-state index is -4.35. The van der Waals surface area contributed by atoms with Gasteiger partial charge in [0, 0.05) is 5.39 Å². The van der Waals surface area contributed by atoms with Crippen molar-refractivity contribution in [2.24, 2.45) is 0 Å². The molecule has 4 heteroatoms. The molecule has 0 fully saturated rings. The van der Waals surface area contributed by atoms with E-state index in [1.807, 2.05) is 37.3 Å². The van der Waals surface area contributed by atoms with Gasteiger partial charge in [0.15, 0.2) is 0 Å². The van der Waals surface area contributed by atoms with E-state index >= 15 is 0 Å². The highest BCUT2D eigenvalue weighted by Gasteiger charge is 2.30. The average Bonchev–Trinajstić information content (AvgIpc) is 2.53. The first-order valence-electron chi connectivity index (χ1n) is 7.02. The molecule has 0 heterocycles. The Morgan fingerprint density at radius 3 is 2.09 bits per heavy atom. The molecule has 0 radical (unpaired) electrons. The van der Waals surface area contributed by atoms with E-state index in [2.05, 4.69) is 6.07 Å². The van der Waals surface area contributed by atoms with E-state index in [1.54, 1.807) is 0 Å². The lowest BCUT2D eigenvalue weighted by molar-refractivity contribution is -0.137. The third kappa shape index (κ3) is 2.66. The maximum absolute atomic E-state index is 12.7. The summed E-state index contributed by atoms with van der Waals surface area (Å²) in [5.41, 5.74) is 2.25. The Balaban J connectivity index is 2.23. The number of nitriles is 1. The van der Waals surface area contributed by atoms with E-state index in [1.165, 1.54) is 12.1 Å². The molecule has 0 aromatic heterocycles. The summed E-state index contributed by atoms with van der Waals surface area (Å²) in [6.07, 6.45) is -4.35. The zero-order chi connectivity index (χ0) is 16.6. The average molecular weight is 311 g/mol. The summed E-state index contributed by atoms with van der Waals surface area (Å²) in [5, 5.41) is 11.0. The SMILES string of the molecule is Cc1cc(-c2ccc(C(F)(F)F)cc2)c2ccccc2c1C#N. The van der Waals surface area contributed by atoms with Crippen molar-refractivity contribution in [1.29, 1.82) is 5.26 Å². The van der Waals surface area contributed by atoms with Crippen molar-refractivity contribution in [3.05, 3.63) is 71.3 Å². The van der Waals surface area contributed by atoms with Gasteiger partial charge in [-0.1, -0.05) is 36.4 Å². The van der Waals surface area contributed by atoms with Gasteiger partial charge in [-0.3, -0.25) is 0 Å². The Hall–Kier alpha value is -2.80. The number of aryl methyl sites for hydroxylation is 1. The van der Waals surface area contributed by atoms with Crippen molar-refractivity contribution in [2.45, 2.75) is 13.1 Å². The van der Waals surface area contributed by atoms with Gasteiger partial charge in [0.25, 0.3) is 0 Å². The summed E-state index contributed by atoms with van der Waals surface area (Å²) in [6, 6.07) is 16.6. The van der Waals surface area contributed by atoms with Crippen molar-refractivity contribution in [3.8, 4) is 17.2 Å². The molecule has 0 N–H and O–H groups in total. The first-order chi connectivity index (χ1) is 10.9. The van der Waals surface area contributed by atoms with Gasteiger partial charge in [-0.15, -0.1) is 0 Å². The lowest BCUT2D eigenvalue weighted by Crippen LogP contribution is -2.04. The van der Waals surface area contributed by atoms with Crippen LogP contribution in [-0.2, 0) is 6.18 Å². The normalized spacial score (nSPS) is 11.4. The molecule has 0 aliphatic heterocycles. The van der Waals surface area contributed by atoms with Gasteiger partial charge >= 0.3 is 6.18 Å².